The number of guanidine groups is 1. The standard InChI is InChI=1S/C19H32N4O2S/c1-15-5-6-17(26-15)16(23-8-11-24-12-9-23)13-21-18(20-3)22-14-19(2)7-4-10-25-19/h5-6,16H,4,7-14H2,1-3H3,(H2,20,21,22). The maximum Gasteiger partial charge on any atom is 0.191 e. The van der Waals surface area contributed by atoms with E-state index >= 15 is 0 Å². The van der Waals surface area contributed by atoms with E-state index in [1.165, 1.54) is 9.75 Å². The van der Waals surface area contributed by atoms with Gasteiger partial charge in [-0.25, -0.2) is 0 Å². The number of nitrogens with one attached hydrogen (secondary N) is 2. The molecular formula is C19H32N4O2S. The fraction of sp³-hybridized carbons (Fsp3) is 0.737. The molecule has 0 spiro atoms. The molecule has 0 saturated carbocycles. The number of aryl methyl sites for hydroxylation is 1. The Morgan fingerprint density at radius 1 is 1.31 bits per heavy atom. The first-order valence-corrected chi connectivity index (χ1v) is 10.4. The van der Waals surface area contributed by atoms with Crippen molar-refractivity contribution in [2.45, 2.75) is 38.3 Å². The first kappa shape index (κ1) is 19.6. The number of rotatable bonds is 6. The van der Waals surface area contributed by atoms with Gasteiger partial charge in [-0.3, -0.25) is 9.89 Å². The summed E-state index contributed by atoms with van der Waals surface area (Å²) in [6.45, 7) is 10.4. The van der Waals surface area contributed by atoms with Crippen molar-refractivity contribution in [3.8, 4) is 0 Å². The van der Waals surface area contributed by atoms with Crippen LogP contribution in [0.3, 0.4) is 0 Å². The molecule has 0 aromatic carbocycles. The minimum absolute atomic E-state index is 0.0773. The minimum atomic E-state index is -0.0773. The predicted octanol–water partition coefficient (Wildman–Crippen LogP) is 2.16. The van der Waals surface area contributed by atoms with Gasteiger partial charge in [0.15, 0.2) is 5.96 Å². The maximum atomic E-state index is 5.86. The van der Waals surface area contributed by atoms with Crippen LogP contribution < -0.4 is 10.6 Å². The molecule has 1 aromatic heterocycles. The first-order valence-electron chi connectivity index (χ1n) is 9.56. The van der Waals surface area contributed by atoms with Crippen LogP contribution in [0, 0.1) is 6.92 Å². The first-order chi connectivity index (χ1) is 12.6. The van der Waals surface area contributed by atoms with Crippen molar-refractivity contribution in [1.29, 1.82) is 0 Å². The highest BCUT2D eigenvalue weighted by molar-refractivity contribution is 7.12. The molecule has 3 rings (SSSR count). The van der Waals surface area contributed by atoms with Crippen LogP contribution in [-0.2, 0) is 9.47 Å². The monoisotopic (exact) mass is 380 g/mol. The Balaban J connectivity index is 1.58. The summed E-state index contributed by atoms with van der Waals surface area (Å²) in [6, 6.07) is 4.80. The number of hydrogen-bond donors (Lipinski definition) is 2. The van der Waals surface area contributed by atoms with Gasteiger partial charge in [-0.05, 0) is 38.8 Å². The molecule has 3 heterocycles. The van der Waals surface area contributed by atoms with Crippen LogP contribution in [-0.4, -0.2) is 69.5 Å². The van der Waals surface area contributed by atoms with Gasteiger partial charge in [-0.15, -0.1) is 11.3 Å². The molecule has 1 aromatic rings. The molecule has 2 aliphatic rings. The van der Waals surface area contributed by atoms with Crippen molar-refractivity contribution in [2.24, 2.45) is 4.99 Å². The molecule has 0 radical (unpaired) electrons. The van der Waals surface area contributed by atoms with Crippen molar-refractivity contribution >= 4 is 17.3 Å². The summed E-state index contributed by atoms with van der Waals surface area (Å²) < 4.78 is 11.4. The van der Waals surface area contributed by atoms with Gasteiger partial charge in [-0.1, -0.05) is 0 Å². The Bertz CT molecular complexity index is 592. The third-order valence-corrected chi connectivity index (χ3v) is 6.29. The van der Waals surface area contributed by atoms with Crippen molar-refractivity contribution in [2.75, 3.05) is 53.0 Å². The molecule has 26 heavy (non-hydrogen) atoms. The second-order valence-corrected chi connectivity index (χ2v) is 8.64. The molecule has 6 nitrogen and oxygen atoms in total. The van der Waals surface area contributed by atoms with E-state index in [-0.39, 0.29) is 5.60 Å². The average molecular weight is 381 g/mol. The Morgan fingerprint density at radius 3 is 2.73 bits per heavy atom. The van der Waals surface area contributed by atoms with Gasteiger partial charge >= 0.3 is 0 Å². The van der Waals surface area contributed by atoms with E-state index in [0.29, 0.717) is 6.04 Å². The zero-order valence-electron chi connectivity index (χ0n) is 16.2. The number of thiophene rings is 1. The van der Waals surface area contributed by atoms with Crippen LogP contribution in [0.4, 0.5) is 0 Å². The molecule has 2 atom stereocenters. The predicted molar refractivity (Wildman–Crippen MR) is 107 cm³/mol. The van der Waals surface area contributed by atoms with Crippen molar-refractivity contribution < 1.29 is 9.47 Å². The van der Waals surface area contributed by atoms with Crippen LogP contribution >= 0.6 is 11.3 Å². The zero-order chi connectivity index (χ0) is 18.4. The van der Waals surface area contributed by atoms with E-state index in [1.54, 1.807) is 0 Å². The Morgan fingerprint density at radius 2 is 2.12 bits per heavy atom. The summed E-state index contributed by atoms with van der Waals surface area (Å²) in [7, 11) is 1.83. The number of aliphatic imine (C=N–C) groups is 1. The molecule has 146 valence electrons. The molecule has 0 aliphatic carbocycles. The fourth-order valence-electron chi connectivity index (χ4n) is 3.59. The molecule has 7 heteroatoms. The van der Waals surface area contributed by atoms with Gasteiger partial charge in [0, 0.05) is 49.6 Å². The topological polar surface area (TPSA) is 58.1 Å². The second-order valence-electron chi connectivity index (χ2n) is 7.32. The summed E-state index contributed by atoms with van der Waals surface area (Å²) in [4.78, 5) is 9.66. The lowest BCUT2D eigenvalue weighted by molar-refractivity contribution is 0.0174. The minimum Gasteiger partial charge on any atom is -0.379 e. The van der Waals surface area contributed by atoms with E-state index < -0.39 is 0 Å². The third-order valence-electron chi connectivity index (χ3n) is 5.19. The van der Waals surface area contributed by atoms with Gasteiger partial charge in [0.05, 0.1) is 24.9 Å². The highest BCUT2D eigenvalue weighted by Crippen LogP contribution is 2.28. The van der Waals surface area contributed by atoms with Crippen LogP contribution in [0.15, 0.2) is 17.1 Å². The molecule has 2 N–H and O–H groups in total. The fourth-order valence-corrected chi connectivity index (χ4v) is 4.60. The van der Waals surface area contributed by atoms with Crippen LogP contribution in [0.25, 0.3) is 0 Å². The highest BCUT2D eigenvalue weighted by Gasteiger charge is 2.30. The average Bonchev–Trinajstić information content (AvgIpc) is 3.28. The normalized spacial score (nSPS) is 26.0. The Labute approximate surface area is 161 Å². The SMILES string of the molecule is CN=C(NCC(c1ccc(C)s1)N1CCOCC1)NCC1(C)CCCO1. The molecule has 2 unspecified atom stereocenters. The largest absolute Gasteiger partial charge is 0.379 e. The summed E-state index contributed by atoms with van der Waals surface area (Å²) in [6.07, 6.45) is 2.24. The van der Waals surface area contributed by atoms with E-state index in [2.05, 4.69) is 46.5 Å². The molecule has 2 aliphatic heterocycles. The molecule has 0 amide bonds. The number of nitrogens with zero attached hydrogens (tertiary/aromatic N) is 2. The lowest BCUT2D eigenvalue weighted by Crippen LogP contribution is -2.48. The highest BCUT2D eigenvalue weighted by atomic mass is 32.1. The lowest BCUT2D eigenvalue weighted by atomic mass is 10.0. The Kier molecular flexibility index (Phi) is 6.92. The molecule has 0 bridgehead atoms. The summed E-state index contributed by atoms with van der Waals surface area (Å²) in [5, 5.41) is 6.96. The van der Waals surface area contributed by atoms with Gasteiger partial charge < -0.3 is 20.1 Å². The third kappa shape index (κ3) is 5.19. The quantitative estimate of drug-likeness (QED) is 0.585. The van der Waals surface area contributed by atoms with E-state index in [1.807, 2.05) is 18.4 Å². The van der Waals surface area contributed by atoms with Gasteiger partial charge in [0.25, 0.3) is 0 Å². The summed E-state index contributed by atoms with van der Waals surface area (Å²) in [5.74, 6) is 0.841. The molecular weight excluding hydrogens is 348 g/mol. The van der Waals surface area contributed by atoms with Crippen LogP contribution in [0.5, 0.6) is 0 Å². The number of hydrogen-bond acceptors (Lipinski definition) is 5. The molecule has 2 saturated heterocycles. The van der Waals surface area contributed by atoms with Crippen LogP contribution in [0.1, 0.15) is 35.6 Å². The summed E-state index contributed by atoms with van der Waals surface area (Å²) in [5.41, 5.74) is -0.0773. The van der Waals surface area contributed by atoms with Crippen molar-refractivity contribution in [3.05, 3.63) is 21.9 Å². The van der Waals surface area contributed by atoms with Crippen molar-refractivity contribution in [1.82, 2.24) is 15.5 Å². The number of morpholine rings is 1. The van der Waals surface area contributed by atoms with Gasteiger partial charge in [0.2, 0.25) is 0 Å². The van der Waals surface area contributed by atoms with E-state index in [4.69, 9.17) is 9.47 Å². The zero-order valence-corrected chi connectivity index (χ0v) is 17.0. The van der Waals surface area contributed by atoms with E-state index in [9.17, 15) is 0 Å². The van der Waals surface area contributed by atoms with Gasteiger partial charge in [-0.2, -0.15) is 0 Å². The van der Waals surface area contributed by atoms with Gasteiger partial charge in [0.1, 0.15) is 0 Å². The number of ether oxygens (including phenoxy) is 2. The smallest absolute Gasteiger partial charge is 0.191 e. The Hall–Kier alpha value is -1.15. The van der Waals surface area contributed by atoms with Crippen molar-refractivity contribution in [3.63, 3.8) is 0 Å². The second kappa shape index (κ2) is 9.17. The lowest BCUT2D eigenvalue weighted by Gasteiger charge is -2.34. The summed E-state index contributed by atoms with van der Waals surface area (Å²) >= 11 is 1.88. The van der Waals surface area contributed by atoms with E-state index in [0.717, 1.165) is 64.8 Å². The molecule has 2 fully saturated rings. The van der Waals surface area contributed by atoms with Crippen LogP contribution in [0.2, 0.25) is 0 Å². The maximum absolute atomic E-state index is 5.86.